The topological polar surface area (TPSA) is 24.9 Å². The van der Waals surface area contributed by atoms with Crippen molar-refractivity contribution in [2.75, 3.05) is 11.9 Å². The summed E-state index contributed by atoms with van der Waals surface area (Å²) in [5, 5.41) is 7.16. The summed E-state index contributed by atoms with van der Waals surface area (Å²) in [6.07, 6.45) is 2.92. The maximum atomic E-state index is 5.95. The molecule has 0 radical (unpaired) electrons. The number of hydrogen-bond acceptors (Lipinski definition) is 3. The molecule has 1 unspecified atom stereocenters. The van der Waals surface area contributed by atoms with Gasteiger partial charge in [0.1, 0.15) is 0 Å². The Kier molecular flexibility index (Phi) is 5.23. The molecule has 0 amide bonds. The van der Waals surface area contributed by atoms with Crippen molar-refractivity contribution in [3.63, 3.8) is 0 Å². The van der Waals surface area contributed by atoms with Gasteiger partial charge in [0.05, 0.1) is 0 Å². The fourth-order valence-electron chi connectivity index (χ4n) is 2.24. The minimum absolute atomic E-state index is 0.546. The van der Waals surface area contributed by atoms with Gasteiger partial charge in [0.2, 0.25) is 0 Å². The number of halogens is 1. The van der Waals surface area contributed by atoms with E-state index in [1.807, 2.05) is 23.7 Å². The van der Waals surface area contributed by atoms with Gasteiger partial charge in [-0.1, -0.05) is 37.6 Å². The van der Waals surface area contributed by atoms with Crippen LogP contribution in [0.1, 0.15) is 31.7 Å². The molecular weight excluding hydrogens is 276 g/mol. The fraction of sp³-hybridized carbons (Fsp3) is 0.400. The lowest BCUT2D eigenvalue weighted by Gasteiger charge is -2.21. The van der Waals surface area contributed by atoms with Gasteiger partial charge in [-0.2, -0.15) is 0 Å². The summed E-state index contributed by atoms with van der Waals surface area (Å²) in [6, 6.07) is 8.22. The second-order valence-electron chi connectivity index (χ2n) is 4.95. The van der Waals surface area contributed by atoms with E-state index >= 15 is 0 Å². The third-order valence-corrected chi connectivity index (χ3v) is 4.25. The molecule has 0 saturated heterocycles. The molecular formula is C15H19ClN2S. The molecule has 1 aromatic carbocycles. The van der Waals surface area contributed by atoms with E-state index in [0.29, 0.717) is 11.8 Å². The van der Waals surface area contributed by atoms with Crippen molar-refractivity contribution in [3.05, 3.63) is 46.4 Å². The summed E-state index contributed by atoms with van der Waals surface area (Å²) >= 11 is 7.59. The first-order valence-electron chi connectivity index (χ1n) is 6.55. The van der Waals surface area contributed by atoms with Crippen molar-refractivity contribution in [1.82, 2.24) is 4.98 Å². The van der Waals surface area contributed by atoms with Crippen LogP contribution in [-0.4, -0.2) is 11.5 Å². The Morgan fingerprint density at radius 3 is 2.58 bits per heavy atom. The fourth-order valence-corrected chi connectivity index (χ4v) is 2.92. The first-order chi connectivity index (χ1) is 9.16. The molecule has 0 aliphatic rings. The normalized spacial score (nSPS) is 12.6. The summed E-state index contributed by atoms with van der Waals surface area (Å²) in [5.74, 6) is 1.16. The second-order valence-corrected chi connectivity index (χ2v) is 6.29. The number of benzene rings is 1. The van der Waals surface area contributed by atoms with E-state index in [4.69, 9.17) is 11.6 Å². The molecule has 1 atom stereocenters. The van der Waals surface area contributed by atoms with Gasteiger partial charge in [-0.15, -0.1) is 11.3 Å². The van der Waals surface area contributed by atoms with E-state index in [-0.39, 0.29) is 0 Å². The van der Waals surface area contributed by atoms with Crippen LogP contribution in [0.2, 0.25) is 5.02 Å². The Morgan fingerprint density at radius 1 is 1.26 bits per heavy atom. The van der Waals surface area contributed by atoms with Crippen molar-refractivity contribution in [2.24, 2.45) is 5.92 Å². The van der Waals surface area contributed by atoms with Crippen molar-refractivity contribution in [3.8, 4) is 0 Å². The zero-order valence-corrected chi connectivity index (χ0v) is 12.8. The SMILES string of the molecule is CC(C)C(CCNc1nccs1)c1ccc(Cl)cc1. The third kappa shape index (κ3) is 4.22. The van der Waals surface area contributed by atoms with E-state index in [2.05, 4.69) is 36.3 Å². The predicted octanol–water partition coefficient (Wildman–Crippen LogP) is 5.04. The number of hydrogen-bond donors (Lipinski definition) is 1. The van der Waals surface area contributed by atoms with Gasteiger partial charge in [0.15, 0.2) is 5.13 Å². The van der Waals surface area contributed by atoms with Crippen molar-refractivity contribution >= 4 is 28.1 Å². The Bertz CT molecular complexity index is 479. The number of thiazole rings is 1. The standard InChI is InChI=1S/C15H19ClN2S/c1-11(2)14(12-3-5-13(16)6-4-12)7-8-17-15-18-9-10-19-15/h3-6,9-11,14H,7-8H2,1-2H3,(H,17,18). The lowest BCUT2D eigenvalue weighted by Crippen LogP contribution is -2.12. The minimum atomic E-state index is 0.546. The van der Waals surface area contributed by atoms with E-state index in [1.165, 1.54) is 5.56 Å². The van der Waals surface area contributed by atoms with E-state index in [1.54, 1.807) is 11.3 Å². The molecule has 0 aliphatic heterocycles. The zero-order valence-electron chi connectivity index (χ0n) is 11.3. The summed E-state index contributed by atoms with van der Waals surface area (Å²) < 4.78 is 0. The minimum Gasteiger partial charge on any atom is -0.362 e. The highest BCUT2D eigenvalue weighted by atomic mass is 35.5. The number of aromatic nitrogens is 1. The molecule has 0 fully saturated rings. The lowest BCUT2D eigenvalue weighted by molar-refractivity contribution is 0.478. The van der Waals surface area contributed by atoms with Crippen LogP contribution < -0.4 is 5.32 Å². The van der Waals surface area contributed by atoms with Crippen LogP contribution in [0, 0.1) is 5.92 Å². The smallest absolute Gasteiger partial charge is 0.182 e. The summed E-state index contributed by atoms with van der Waals surface area (Å²) in [5.41, 5.74) is 1.36. The average molecular weight is 295 g/mol. The van der Waals surface area contributed by atoms with Crippen LogP contribution in [0.3, 0.4) is 0 Å². The lowest BCUT2D eigenvalue weighted by atomic mass is 9.86. The van der Waals surface area contributed by atoms with Gasteiger partial charge in [-0.25, -0.2) is 4.98 Å². The van der Waals surface area contributed by atoms with Crippen molar-refractivity contribution < 1.29 is 0 Å². The van der Waals surface area contributed by atoms with Crippen LogP contribution >= 0.6 is 22.9 Å². The van der Waals surface area contributed by atoms with Gasteiger partial charge >= 0.3 is 0 Å². The number of anilines is 1. The highest BCUT2D eigenvalue weighted by molar-refractivity contribution is 7.13. The molecule has 0 saturated carbocycles. The molecule has 0 spiro atoms. The molecule has 1 aromatic heterocycles. The maximum Gasteiger partial charge on any atom is 0.182 e. The Morgan fingerprint density at radius 2 is 2.00 bits per heavy atom. The van der Waals surface area contributed by atoms with Gasteiger partial charge in [0, 0.05) is 23.1 Å². The maximum absolute atomic E-state index is 5.95. The first kappa shape index (κ1) is 14.4. The van der Waals surface area contributed by atoms with Gasteiger partial charge in [-0.05, 0) is 36.0 Å². The molecule has 102 valence electrons. The largest absolute Gasteiger partial charge is 0.362 e. The van der Waals surface area contributed by atoms with Crippen LogP contribution in [0.4, 0.5) is 5.13 Å². The van der Waals surface area contributed by atoms with Crippen LogP contribution in [0.5, 0.6) is 0 Å². The highest BCUT2D eigenvalue weighted by Crippen LogP contribution is 2.29. The predicted molar refractivity (Wildman–Crippen MR) is 84.3 cm³/mol. The first-order valence-corrected chi connectivity index (χ1v) is 7.81. The summed E-state index contributed by atoms with van der Waals surface area (Å²) in [4.78, 5) is 4.23. The molecule has 4 heteroatoms. The average Bonchev–Trinajstić information content (AvgIpc) is 2.89. The quantitative estimate of drug-likeness (QED) is 0.807. The Hall–Kier alpha value is -1.06. The Balaban J connectivity index is 1.94. The van der Waals surface area contributed by atoms with Crippen LogP contribution in [0.25, 0.3) is 0 Å². The van der Waals surface area contributed by atoms with Gasteiger partial charge < -0.3 is 5.32 Å². The molecule has 1 heterocycles. The van der Waals surface area contributed by atoms with Gasteiger partial charge in [-0.3, -0.25) is 0 Å². The van der Waals surface area contributed by atoms with Crippen LogP contribution in [0.15, 0.2) is 35.8 Å². The highest BCUT2D eigenvalue weighted by Gasteiger charge is 2.15. The van der Waals surface area contributed by atoms with E-state index in [0.717, 1.165) is 23.1 Å². The van der Waals surface area contributed by atoms with Gasteiger partial charge in [0.25, 0.3) is 0 Å². The Labute approximate surface area is 123 Å². The van der Waals surface area contributed by atoms with Crippen molar-refractivity contribution in [2.45, 2.75) is 26.2 Å². The molecule has 2 aromatic rings. The number of nitrogens with zero attached hydrogens (tertiary/aromatic N) is 1. The van der Waals surface area contributed by atoms with Crippen molar-refractivity contribution in [1.29, 1.82) is 0 Å². The van der Waals surface area contributed by atoms with E-state index < -0.39 is 0 Å². The number of rotatable bonds is 6. The second kappa shape index (κ2) is 6.92. The third-order valence-electron chi connectivity index (χ3n) is 3.27. The molecule has 2 rings (SSSR count). The number of nitrogens with one attached hydrogen (secondary N) is 1. The molecule has 19 heavy (non-hydrogen) atoms. The zero-order chi connectivity index (χ0) is 13.7. The molecule has 2 nitrogen and oxygen atoms in total. The summed E-state index contributed by atoms with van der Waals surface area (Å²) in [6.45, 7) is 5.48. The molecule has 0 bridgehead atoms. The monoisotopic (exact) mass is 294 g/mol. The molecule has 0 aliphatic carbocycles. The van der Waals surface area contributed by atoms with E-state index in [9.17, 15) is 0 Å². The summed E-state index contributed by atoms with van der Waals surface area (Å²) in [7, 11) is 0. The molecule has 1 N–H and O–H groups in total. The van der Waals surface area contributed by atoms with Crippen LogP contribution in [-0.2, 0) is 0 Å².